The van der Waals surface area contributed by atoms with Crippen molar-refractivity contribution < 1.29 is 4.74 Å². The molecule has 1 aliphatic rings. The topological polar surface area (TPSA) is 64.9 Å². The van der Waals surface area contributed by atoms with Crippen LogP contribution in [0.2, 0.25) is 0 Å². The van der Waals surface area contributed by atoms with Crippen LogP contribution in [0.5, 0.6) is 11.5 Å². The second-order valence-electron chi connectivity index (χ2n) is 6.29. The van der Waals surface area contributed by atoms with Gasteiger partial charge in [-0.05, 0) is 60.3 Å². The number of hydrogen-bond donors (Lipinski definition) is 1. The van der Waals surface area contributed by atoms with Gasteiger partial charge in [-0.3, -0.25) is 0 Å². The van der Waals surface area contributed by atoms with Crippen molar-refractivity contribution in [2.75, 3.05) is 13.1 Å². The third-order valence-corrected chi connectivity index (χ3v) is 4.60. The largest absolute Gasteiger partial charge is 0.457 e. The normalized spacial score (nSPS) is 18.6. The number of benzene rings is 2. The van der Waals surface area contributed by atoms with Gasteiger partial charge in [0.15, 0.2) is 6.33 Å². The molecule has 25 heavy (non-hydrogen) atoms. The molecule has 0 amide bonds. The molecule has 0 radical (unpaired) electrons. The van der Waals surface area contributed by atoms with Crippen molar-refractivity contribution in [1.29, 1.82) is 0 Å². The number of aromatic nitrogens is 4. The van der Waals surface area contributed by atoms with Gasteiger partial charge in [0.1, 0.15) is 17.5 Å². The maximum atomic E-state index is 5.89. The zero-order valence-corrected chi connectivity index (χ0v) is 14.0. The van der Waals surface area contributed by atoms with Gasteiger partial charge in [-0.15, -0.1) is 10.2 Å². The SMILES string of the molecule is c1ccc(Oc2ccc([C@H](C3CCCNC3)n3ncnn3)cc2)cc1. The molecule has 2 atom stereocenters. The minimum Gasteiger partial charge on any atom is -0.457 e. The zero-order chi connectivity index (χ0) is 16.9. The summed E-state index contributed by atoms with van der Waals surface area (Å²) in [6.07, 6.45) is 3.82. The van der Waals surface area contributed by atoms with Crippen LogP contribution in [-0.2, 0) is 0 Å². The lowest BCUT2D eigenvalue weighted by Gasteiger charge is -2.30. The van der Waals surface area contributed by atoms with E-state index in [2.05, 4.69) is 32.9 Å². The van der Waals surface area contributed by atoms with Gasteiger partial charge in [0.05, 0.1) is 0 Å². The standard InChI is InChI=1S/C19H21N5O/c1-2-6-17(7-3-1)25-18-10-8-15(9-11-18)19(24-22-14-21-23-24)16-5-4-12-20-13-16/h1-3,6-11,14,16,19-20H,4-5,12-13H2/t16?,19-/m1/s1. The summed E-state index contributed by atoms with van der Waals surface area (Å²) in [6, 6.07) is 18.1. The number of nitrogens with one attached hydrogen (secondary N) is 1. The van der Waals surface area contributed by atoms with Crippen molar-refractivity contribution in [3.8, 4) is 11.5 Å². The van der Waals surface area contributed by atoms with E-state index in [1.54, 1.807) is 4.80 Å². The number of nitrogens with zero attached hydrogens (tertiary/aromatic N) is 4. The molecule has 6 nitrogen and oxygen atoms in total. The molecule has 0 bridgehead atoms. The number of ether oxygens (including phenoxy) is 1. The average Bonchev–Trinajstić information content (AvgIpc) is 3.19. The maximum Gasteiger partial charge on any atom is 0.162 e. The first-order valence-electron chi connectivity index (χ1n) is 8.66. The number of para-hydroxylation sites is 1. The predicted octanol–water partition coefficient (Wildman–Crippen LogP) is 3.05. The molecular weight excluding hydrogens is 314 g/mol. The molecule has 1 N–H and O–H groups in total. The Morgan fingerprint density at radius 2 is 1.84 bits per heavy atom. The summed E-state index contributed by atoms with van der Waals surface area (Å²) in [6.45, 7) is 2.05. The van der Waals surface area contributed by atoms with Crippen LogP contribution in [0.25, 0.3) is 0 Å². The van der Waals surface area contributed by atoms with Crippen LogP contribution in [-0.4, -0.2) is 33.3 Å². The van der Waals surface area contributed by atoms with E-state index in [4.69, 9.17) is 4.74 Å². The summed E-state index contributed by atoms with van der Waals surface area (Å²) in [4.78, 5) is 1.73. The Labute approximate surface area is 146 Å². The fourth-order valence-corrected chi connectivity index (χ4v) is 3.40. The molecule has 0 aliphatic carbocycles. The highest BCUT2D eigenvalue weighted by atomic mass is 16.5. The predicted molar refractivity (Wildman–Crippen MR) is 94.5 cm³/mol. The van der Waals surface area contributed by atoms with Gasteiger partial charge in [-0.25, -0.2) is 0 Å². The van der Waals surface area contributed by atoms with Gasteiger partial charge in [0.25, 0.3) is 0 Å². The molecule has 2 aromatic carbocycles. The molecule has 1 saturated heterocycles. The third kappa shape index (κ3) is 3.69. The summed E-state index contributed by atoms with van der Waals surface area (Å²) in [5.41, 5.74) is 1.17. The molecule has 1 aliphatic heterocycles. The molecule has 0 saturated carbocycles. The van der Waals surface area contributed by atoms with E-state index < -0.39 is 0 Å². The monoisotopic (exact) mass is 335 g/mol. The van der Waals surface area contributed by atoms with Crippen LogP contribution in [0.3, 0.4) is 0 Å². The van der Waals surface area contributed by atoms with Crippen LogP contribution in [0.15, 0.2) is 60.9 Å². The smallest absolute Gasteiger partial charge is 0.162 e. The van der Waals surface area contributed by atoms with E-state index in [0.717, 1.165) is 31.0 Å². The Hall–Kier alpha value is -2.73. The Kier molecular flexibility index (Phi) is 4.70. The molecule has 6 heteroatoms. The summed E-state index contributed by atoms with van der Waals surface area (Å²) in [5, 5.41) is 15.8. The second-order valence-corrected chi connectivity index (χ2v) is 6.29. The highest BCUT2D eigenvalue weighted by molar-refractivity contribution is 5.34. The van der Waals surface area contributed by atoms with E-state index in [-0.39, 0.29) is 6.04 Å². The number of hydrogen-bond acceptors (Lipinski definition) is 5. The summed E-state index contributed by atoms with van der Waals surface area (Å²) >= 11 is 0. The van der Waals surface area contributed by atoms with Crippen LogP contribution < -0.4 is 10.1 Å². The molecule has 1 aromatic heterocycles. The number of piperidine rings is 1. The van der Waals surface area contributed by atoms with Crippen molar-refractivity contribution in [3.05, 3.63) is 66.5 Å². The third-order valence-electron chi connectivity index (χ3n) is 4.60. The Morgan fingerprint density at radius 1 is 1.04 bits per heavy atom. The van der Waals surface area contributed by atoms with Crippen molar-refractivity contribution in [2.24, 2.45) is 5.92 Å². The molecule has 1 fully saturated rings. The minimum atomic E-state index is 0.0843. The van der Waals surface area contributed by atoms with Gasteiger partial charge in [0, 0.05) is 6.54 Å². The van der Waals surface area contributed by atoms with Crippen LogP contribution in [0.1, 0.15) is 24.4 Å². The van der Waals surface area contributed by atoms with Crippen molar-refractivity contribution >= 4 is 0 Å². The van der Waals surface area contributed by atoms with Crippen molar-refractivity contribution in [2.45, 2.75) is 18.9 Å². The molecular formula is C19H21N5O. The summed E-state index contributed by atoms with van der Waals surface area (Å²) in [7, 11) is 0. The van der Waals surface area contributed by atoms with E-state index in [9.17, 15) is 0 Å². The summed E-state index contributed by atoms with van der Waals surface area (Å²) in [5.74, 6) is 2.10. The quantitative estimate of drug-likeness (QED) is 0.776. The van der Waals surface area contributed by atoms with Crippen molar-refractivity contribution in [1.82, 2.24) is 25.5 Å². The van der Waals surface area contributed by atoms with Crippen LogP contribution >= 0.6 is 0 Å². The van der Waals surface area contributed by atoms with Gasteiger partial charge in [0.2, 0.25) is 0 Å². The van der Waals surface area contributed by atoms with E-state index in [0.29, 0.717) is 5.92 Å². The zero-order valence-electron chi connectivity index (χ0n) is 14.0. The first-order chi connectivity index (χ1) is 12.4. The van der Waals surface area contributed by atoms with Gasteiger partial charge in [-0.2, -0.15) is 4.80 Å². The number of rotatable bonds is 5. The fraction of sp³-hybridized carbons (Fsp3) is 0.316. The Balaban J connectivity index is 1.57. The van der Waals surface area contributed by atoms with E-state index in [1.807, 2.05) is 42.5 Å². The van der Waals surface area contributed by atoms with Gasteiger partial charge >= 0.3 is 0 Å². The van der Waals surface area contributed by atoms with E-state index in [1.165, 1.54) is 18.3 Å². The highest BCUT2D eigenvalue weighted by Crippen LogP contribution is 2.31. The first-order valence-corrected chi connectivity index (χ1v) is 8.66. The maximum absolute atomic E-state index is 5.89. The highest BCUT2D eigenvalue weighted by Gasteiger charge is 2.28. The second kappa shape index (κ2) is 7.44. The van der Waals surface area contributed by atoms with Crippen molar-refractivity contribution in [3.63, 3.8) is 0 Å². The molecule has 0 spiro atoms. The summed E-state index contributed by atoms with van der Waals surface area (Å²) < 4.78 is 5.89. The lowest BCUT2D eigenvalue weighted by Crippen LogP contribution is -2.36. The van der Waals surface area contributed by atoms with Gasteiger partial charge < -0.3 is 10.1 Å². The van der Waals surface area contributed by atoms with Gasteiger partial charge in [-0.1, -0.05) is 30.3 Å². The van der Waals surface area contributed by atoms with Crippen LogP contribution in [0.4, 0.5) is 0 Å². The fourth-order valence-electron chi connectivity index (χ4n) is 3.40. The molecule has 2 heterocycles. The minimum absolute atomic E-state index is 0.0843. The Bertz CT molecular complexity index is 767. The molecule has 1 unspecified atom stereocenters. The van der Waals surface area contributed by atoms with Crippen LogP contribution in [0, 0.1) is 5.92 Å². The first kappa shape index (κ1) is 15.8. The molecule has 3 aromatic rings. The Morgan fingerprint density at radius 3 is 2.52 bits per heavy atom. The lowest BCUT2D eigenvalue weighted by molar-refractivity contribution is 0.261. The lowest BCUT2D eigenvalue weighted by atomic mass is 9.87. The molecule has 128 valence electrons. The molecule has 4 rings (SSSR count). The number of tetrazole rings is 1. The average molecular weight is 335 g/mol. The van der Waals surface area contributed by atoms with E-state index >= 15 is 0 Å².